The Balaban J connectivity index is 2.13. The molecular weight excluding hydrogens is 273 g/mol. The lowest BCUT2D eigenvalue weighted by Gasteiger charge is -2.23. The molecule has 1 aliphatic rings. The Labute approximate surface area is 123 Å². The zero-order chi connectivity index (χ0) is 15.4. The van der Waals surface area contributed by atoms with Crippen molar-refractivity contribution in [1.29, 1.82) is 0 Å². The van der Waals surface area contributed by atoms with Crippen molar-refractivity contribution >= 4 is 12.0 Å². The number of nitrogens with zero attached hydrogens (tertiary/aromatic N) is 1. The zero-order valence-electron chi connectivity index (χ0n) is 11.9. The van der Waals surface area contributed by atoms with E-state index in [1.165, 1.54) is 6.92 Å². The molecule has 21 heavy (non-hydrogen) atoms. The largest absolute Gasteiger partial charge is 0.447 e. The molecule has 5 heteroatoms. The van der Waals surface area contributed by atoms with Crippen LogP contribution in [0.3, 0.4) is 0 Å². The number of amides is 2. The summed E-state index contributed by atoms with van der Waals surface area (Å²) in [7, 11) is 0. The lowest BCUT2D eigenvalue weighted by Crippen LogP contribution is -2.44. The average Bonchev–Trinajstić information content (AvgIpc) is 2.86. The molecule has 1 aromatic rings. The number of rotatable bonds is 5. The number of alkyl halides is 1. The van der Waals surface area contributed by atoms with Gasteiger partial charge < -0.3 is 4.74 Å². The second-order valence-electron chi connectivity index (χ2n) is 5.10. The van der Waals surface area contributed by atoms with Crippen LogP contribution in [0.4, 0.5) is 9.18 Å². The predicted octanol–water partition coefficient (Wildman–Crippen LogP) is 2.74. The fraction of sp³-hybridized carbons (Fsp3) is 0.375. The number of imide groups is 1. The molecule has 1 fully saturated rings. The molecule has 2 amide bonds. The fourth-order valence-electron chi connectivity index (χ4n) is 2.33. The van der Waals surface area contributed by atoms with Gasteiger partial charge in [0.05, 0.1) is 12.0 Å². The van der Waals surface area contributed by atoms with Gasteiger partial charge >= 0.3 is 6.09 Å². The molecule has 0 N–H and O–H groups in total. The van der Waals surface area contributed by atoms with Crippen molar-refractivity contribution < 1.29 is 18.7 Å². The molecule has 1 aromatic carbocycles. The van der Waals surface area contributed by atoms with Gasteiger partial charge in [-0.1, -0.05) is 43.3 Å². The summed E-state index contributed by atoms with van der Waals surface area (Å²) < 4.78 is 18.5. The van der Waals surface area contributed by atoms with Crippen LogP contribution in [0, 0.1) is 5.92 Å². The summed E-state index contributed by atoms with van der Waals surface area (Å²) >= 11 is 0. The third-order valence-electron chi connectivity index (χ3n) is 3.60. The first-order valence-electron chi connectivity index (χ1n) is 6.85. The van der Waals surface area contributed by atoms with Crippen molar-refractivity contribution in [2.45, 2.75) is 25.6 Å². The van der Waals surface area contributed by atoms with E-state index in [9.17, 15) is 14.0 Å². The van der Waals surface area contributed by atoms with Gasteiger partial charge in [0, 0.05) is 0 Å². The summed E-state index contributed by atoms with van der Waals surface area (Å²) in [5, 5.41) is 0. The van der Waals surface area contributed by atoms with Gasteiger partial charge in [0.2, 0.25) is 5.91 Å². The molecule has 0 saturated carbocycles. The number of carbonyl (C=O) groups is 2. The summed E-state index contributed by atoms with van der Waals surface area (Å²) in [6.45, 7) is 4.92. The van der Waals surface area contributed by atoms with Gasteiger partial charge in [-0.05, 0) is 12.0 Å². The first-order valence-corrected chi connectivity index (χ1v) is 6.85. The molecule has 0 spiro atoms. The second-order valence-corrected chi connectivity index (χ2v) is 5.10. The van der Waals surface area contributed by atoms with Crippen molar-refractivity contribution in [3.63, 3.8) is 0 Å². The standard InChI is InChI=1S/C16H18FNO3/c1-3-14(17)11(2)15(19)18-13(10-21-16(18)20)9-12-7-5-4-6-8-12/h3-8,11,13-14H,1,9-10H2,2H3/t11-,13-,14+/m1/s1. The number of cyclic esters (lactones) is 1. The number of hydrogen-bond acceptors (Lipinski definition) is 3. The summed E-state index contributed by atoms with van der Waals surface area (Å²) in [6, 6.07) is 9.09. The highest BCUT2D eigenvalue weighted by Crippen LogP contribution is 2.22. The second kappa shape index (κ2) is 6.52. The van der Waals surface area contributed by atoms with Gasteiger partial charge in [-0.15, -0.1) is 6.58 Å². The van der Waals surface area contributed by atoms with Crippen LogP contribution >= 0.6 is 0 Å². The van der Waals surface area contributed by atoms with Gasteiger partial charge in [0.25, 0.3) is 0 Å². The Morgan fingerprint density at radius 2 is 2.19 bits per heavy atom. The summed E-state index contributed by atoms with van der Waals surface area (Å²) in [4.78, 5) is 25.1. The lowest BCUT2D eigenvalue weighted by molar-refractivity contribution is -0.134. The van der Waals surface area contributed by atoms with E-state index in [0.29, 0.717) is 6.42 Å². The highest BCUT2D eigenvalue weighted by molar-refractivity contribution is 5.95. The van der Waals surface area contributed by atoms with Crippen LogP contribution in [0.25, 0.3) is 0 Å². The Bertz CT molecular complexity index is 532. The topological polar surface area (TPSA) is 46.6 Å². The molecule has 112 valence electrons. The summed E-state index contributed by atoms with van der Waals surface area (Å²) in [6.07, 6.45) is -0.626. The highest BCUT2D eigenvalue weighted by Gasteiger charge is 2.41. The van der Waals surface area contributed by atoms with E-state index in [1.54, 1.807) is 0 Å². The molecule has 0 aliphatic carbocycles. The van der Waals surface area contributed by atoms with E-state index in [2.05, 4.69) is 6.58 Å². The third-order valence-corrected chi connectivity index (χ3v) is 3.60. The number of hydrogen-bond donors (Lipinski definition) is 0. The van der Waals surface area contributed by atoms with Gasteiger partial charge in [0.1, 0.15) is 12.8 Å². The molecular formula is C16H18FNO3. The minimum Gasteiger partial charge on any atom is -0.447 e. The van der Waals surface area contributed by atoms with Crippen LogP contribution in [0.15, 0.2) is 43.0 Å². The first-order chi connectivity index (χ1) is 10.0. The smallest absolute Gasteiger partial charge is 0.416 e. The summed E-state index contributed by atoms with van der Waals surface area (Å²) in [5.41, 5.74) is 0.992. The van der Waals surface area contributed by atoms with Crippen LogP contribution in [-0.4, -0.2) is 35.7 Å². The molecule has 1 aliphatic heterocycles. The Hall–Kier alpha value is -2.17. The zero-order valence-corrected chi connectivity index (χ0v) is 11.9. The van der Waals surface area contributed by atoms with Crippen LogP contribution in [0.5, 0.6) is 0 Å². The van der Waals surface area contributed by atoms with Crippen molar-refractivity contribution in [2.24, 2.45) is 5.92 Å². The van der Waals surface area contributed by atoms with E-state index < -0.39 is 30.1 Å². The van der Waals surface area contributed by atoms with Crippen molar-refractivity contribution in [3.8, 4) is 0 Å². The molecule has 0 radical (unpaired) electrons. The monoisotopic (exact) mass is 291 g/mol. The molecule has 0 aromatic heterocycles. The van der Waals surface area contributed by atoms with Gasteiger partial charge in [-0.25, -0.2) is 14.1 Å². The van der Waals surface area contributed by atoms with Crippen molar-refractivity contribution in [3.05, 3.63) is 48.6 Å². The van der Waals surface area contributed by atoms with Gasteiger partial charge in [-0.2, -0.15) is 0 Å². The van der Waals surface area contributed by atoms with E-state index >= 15 is 0 Å². The molecule has 1 saturated heterocycles. The molecule has 3 atom stereocenters. The van der Waals surface area contributed by atoms with Gasteiger partial charge in [-0.3, -0.25) is 4.79 Å². The normalized spacial score (nSPS) is 20.8. The first kappa shape index (κ1) is 15.2. The number of ether oxygens (including phenoxy) is 1. The molecule has 4 nitrogen and oxygen atoms in total. The molecule has 0 bridgehead atoms. The fourth-order valence-corrected chi connectivity index (χ4v) is 2.33. The number of halogens is 1. The van der Waals surface area contributed by atoms with Crippen molar-refractivity contribution in [1.82, 2.24) is 4.90 Å². The number of benzene rings is 1. The van der Waals surface area contributed by atoms with Crippen LogP contribution in [0.2, 0.25) is 0 Å². The number of carbonyl (C=O) groups excluding carboxylic acids is 2. The van der Waals surface area contributed by atoms with E-state index in [0.717, 1.165) is 16.5 Å². The molecule has 1 heterocycles. The maximum Gasteiger partial charge on any atom is 0.416 e. The SMILES string of the molecule is C=C[C@H](F)[C@@H](C)C(=O)N1C(=O)OC[C@H]1Cc1ccccc1. The van der Waals surface area contributed by atoms with E-state index in [4.69, 9.17) is 4.74 Å². The Morgan fingerprint density at radius 3 is 2.81 bits per heavy atom. The average molecular weight is 291 g/mol. The minimum absolute atomic E-state index is 0.136. The molecule has 2 rings (SSSR count). The maximum absolute atomic E-state index is 13.6. The summed E-state index contributed by atoms with van der Waals surface area (Å²) in [5.74, 6) is -1.52. The van der Waals surface area contributed by atoms with E-state index in [-0.39, 0.29) is 6.61 Å². The van der Waals surface area contributed by atoms with Gasteiger partial charge in [0.15, 0.2) is 0 Å². The van der Waals surface area contributed by atoms with Crippen molar-refractivity contribution in [2.75, 3.05) is 6.61 Å². The quantitative estimate of drug-likeness (QED) is 0.784. The minimum atomic E-state index is -1.48. The lowest BCUT2D eigenvalue weighted by atomic mass is 10.0. The molecule has 0 unspecified atom stereocenters. The third kappa shape index (κ3) is 3.29. The van der Waals surface area contributed by atoms with Crippen LogP contribution < -0.4 is 0 Å². The Morgan fingerprint density at radius 1 is 1.52 bits per heavy atom. The highest BCUT2D eigenvalue weighted by atomic mass is 19.1. The van der Waals surface area contributed by atoms with Crippen LogP contribution in [0.1, 0.15) is 12.5 Å². The number of allylic oxidation sites excluding steroid dienone is 1. The maximum atomic E-state index is 13.6. The Kier molecular flexibility index (Phi) is 4.73. The van der Waals surface area contributed by atoms with E-state index in [1.807, 2.05) is 30.3 Å². The predicted molar refractivity (Wildman–Crippen MR) is 76.4 cm³/mol. The van der Waals surface area contributed by atoms with Crippen LogP contribution in [-0.2, 0) is 16.0 Å².